The van der Waals surface area contributed by atoms with E-state index < -0.39 is 0 Å². The number of amides is 1. The van der Waals surface area contributed by atoms with Crippen molar-refractivity contribution in [1.82, 2.24) is 16.0 Å². The number of rotatable bonds is 9. The molecule has 0 heterocycles. The number of carbonyl (C=O) groups is 1. The van der Waals surface area contributed by atoms with Gasteiger partial charge >= 0.3 is 0 Å². The van der Waals surface area contributed by atoms with Crippen molar-refractivity contribution in [3.05, 3.63) is 28.8 Å². The van der Waals surface area contributed by atoms with Crippen molar-refractivity contribution in [2.45, 2.75) is 27.2 Å². The Morgan fingerprint density at radius 2 is 1.96 bits per heavy atom. The number of aliphatic imine (C=N–C) groups is 1. The van der Waals surface area contributed by atoms with E-state index >= 15 is 0 Å². The van der Waals surface area contributed by atoms with Gasteiger partial charge in [0.2, 0.25) is 5.91 Å². The van der Waals surface area contributed by atoms with E-state index in [-0.39, 0.29) is 11.8 Å². The summed E-state index contributed by atoms with van der Waals surface area (Å²) in [5, 5.41) is 9.94. The smallest absolute Gasteiger partial charge is 0.222 e. The van der Waals surface area contributed by atoms with Crippen LogP contribution in [0.3, 0.4) is 0 Å². The van der Waals surface area contributed by atoms with Crippen LogP contribution in [0.4, 0.5) is 0 Å². The van der Waals surface area contributed by atoms with Gasteiger partial charge in [-0.05, 0) is 31.0 Å². The van der Waals surface area contributed by atoms with Crippen molar-refractivity contribution in [3.8, 4) is 5.75 Å². The maximum atomic E-state index is 11.5. The largest absolute Gasteiger partial charge is 0.497 e. The zero-order valence-corrected chi connectivity index (χ0v) is 16.2. The quantitative estimate of drug-likeness (QED) is 0.355. The van der Waals surface area contributed by atoms with E-state index in [1.54, 1.807) is 7.11 Å². The standard InChI is InChI=1S/C18H29ClN4O2/c1-5-20-18(23-11-10-21-17(24)13(2)3)22-9-8-14-6-7-15(25-4)12-16(14)19/h6-7,12-13H,5,8-11H2,1-4H3,(H,21,24)(H2,20,22,23). The lowest BCUT2D eigenvalue weighted by Gasteiger charge is -2.13. The Hall–Kier alpha value is -1.95. The molecule has 0 atom stereocenters. The van der Waals surface area contributed by atoms with Crippen LogP contribution in [0.2, 0.25) is 5.02 Å². The number of guanidine groups is 1. The number of halogens is 1. The van der Waals surface area contributed by atoms with E-state index in [1.165, 1.54) is 0 Å². The molecule has 140 valence electrons. The number of carbonyl (C=O) groups excluding carboxylic acids is 1. The highest BCUT2D eigenvalue weighted by Gasteiger charge is 2.05. The molecule has 0 fully saturated rings. The normalized spacial score (nSPS) is 11.4. The minimum absolute atomic E-state index is 0.00357. The lowest BCUT2D eigenvalue weighted by molar-refractivity contribution is -0.123. The molecule has 0 radical (unpaired) electrons. The Bertz CT molecular complexity index is 576. The molecular formula is C18H29ClN4O2. The first-order valence-corrected chi connectivity index (χ1v) is 8.98. The predicted molar refractivity (Wildman–Crippen MR) is 104 cm³/mol. The molecule has 1 amide bonds. The van der Waals surface area contributed by atoms with Gasteiger partial charge in [0.05, 0.1) is 7.11 Å². The highest BCUT2D eigenvalue weighted by molar-refractivity contribution is 6.31. The van der Waals surface area contributed by atoms with E-state index in [0.717, 1.165) is 30.2 Å². The molecule has 3 N–H and O–H groups in total. The number of hydrogen-bond donors (Lipinski definition) is 3. The van der Waals surface area contributed by atoms with Crippen LogP contribution in [0, 0.1) is 5.92 Å². The van der Waals surface area contributed by atoms with E-state index in [0.29, 0.717) is 24.7 Å². The summed E-state index contributed by atoms with van der Waals surface area (Å²) in [6, 6.07) is 5.66. The van der Waals surface area contributed by atoms with Crippen LogP contribution in [0.25, 0.3) is 0 Å². The molecule has 0 aliphatic heterocycles. The van der Waals surface area contributed by atoms with Crippen molar-refractivity contribution >= 4 is 23.5 Å². The number of hydrogen-bond acceptors (Lipinski definition) is 3. The molecule has 0 saturated carbocycles. The van der Waals surface area contributed by atoms with Crippen molar-refractivity contribution in [2.75, 3.05) is 33.3 Å². The lowest BCUT2D eigenvalue weighted by atomic mass is 10.1. The average molecular weight is 369 g/mol. The van der Waals surface area contributed by atoms with Crippen LogP contribution >= 0.6 is 11.6 Å². The number of nitrogens with zero attached hydrogens (tertiary/aromatic N) is 1. The van der Waals surface area contributed by atoms with Crippen LogP contribution in [-0.2, 0) is 11.2 Å². The molecule has 7 heteroatoms. The minimum atomic E-state index is -0.00357. The molecule has 0 bridgehead atoms. The van der Waals surface area contributed by atoms with E-state index in [2.05, 4.69) is 20.9 Å². The van der Waals surface area contributed by atoms with Gasteiger partial charge < -0.3 is 20.7 Å². The Kier molecular flexibility index (Phi) is 9.77. The molecule has 6 nitrogen and oxygen atoms in total. The summed E-state index contributed by atoms with van der Waals surface area (Å²) in [7, 11) is 1.62. The first-order chi connectivity index (χ1) is 12.0. The highest BCUT2D eigenvalue weighted by atomic mass is 35.5. The fourth-order valence-electron chi connectivity index (χ4n) is 2.06. The van der Waals surface area contributed by atoms with Crippen LogP contribution < -0.4 is 20.7 Å². The SMILES string of the molecule is CCNC(=NCCc1ccc(OC)cc1Cl)NCCNC(=O)C(C)C. The molecule has 0 aliphatic carbocycles. The van der Waals surface area contributed by atoms with Gasteiger partial charge in [-0.15, -0.1) is 0 Å². The second kappa shape index (κ2) is 11.6. The van der Waals surface area contributed by atoms with Crippen molar-refractivity contribution < 1.29 is 9.53 Å². The van der Waals surface area contributed by atoms with Crippen molar-refractivity contribution in [3.63, 3.8) is 0 Å². The summed E-state index contributed by atoms with van der Waals surface area (Å²) in [6.45, 7) is 8.32. The maximum Gasteiger partial charge on any atom is 0.222 e. The third kappa shape index (κ3) is 8.12. The van der Waals surface area contributed by atoms with Gasteiger partial charge in [0.1, 0.15) is 5.75 Å². The predicted octanol–water partition coefficient (Wildman–Crippen LogP) is 2.22. The molecule has 0 spiro atoms. The first-order valence-electron chi connectivity index (χ1n) is 8.60. The van der Waals surface area contributed by atoms with Crippen LogP contribution in [0.5, 0.6) is 5.75 Å². The molecule has 0 unspecified atom stereocenters. The van der Waals surface area contributed by atoms with Gasteiger partial charge in [0.25, 0.3) is 0 Å². The van der Waals surface area contributed by atoms with Crippen LogP contribution in [0.1, 0.15) is 26.3 Å². The van der Waals surface area contributed by atoms with Gasteiger partial charge in [0, 0.05) is 37.1 Å². The Morgan fingerprint density at radius 3 is 2.56 bits per heavy atom. The average Bonchev–Trinajstić information content (AvgIpc) is 2.59. The fourth-order valence-corrected chi connectivity index (χ4v) is 2.32. The number of nitrogens with one attached hydrogen (secondary N) is 3. The van der Waals surface area contributed by atoms with Gasteiger partial charge in [-0.1, -0.05) is 31.5 Å². The fraction of sp³-hybridized carbons (Fsp3) is 0.556. The molecule has 1 aromatic rings. The molecule has 0 aromatic heterocycles. The van der Waals surface area contributed by atoms with E-state index in [1.807, 2.05) is 39.0 Å². The minimum Gasteiger partial charge on any atom is -0.497 e. The maximum absolute atomic E-state index is 11.5. The summed E-state index contributed by atoms with van der Waals surface area (Å²) in [6.07, 6.45) is 0.740. The number of ether oxygens (including phenoxy) is 1. The second-order valence-corrected chi connectivity index (χ2v) is 6.25. The van der Waals surface area contributed by atoms with E-state index in [9.17, 15) is 4.79 Å². The lowest BCUT2D eigenvalue weighted by Crippen LogP contribution is -2.42. The first kappa shape index (κ1) is 21.1. The van der Waals surface area contributed by atoms with Crippen LogP contribution in [0.15, 0.2) is 23.2 Å². The zero-order chi connectivity index (χ0) is 18.7. The summed E-state index contributed by atoms with van der Waals surface area (Å²) >= 11 is 6.24. The second-order valence-electron chi connectivity index (χ2n) is 5.84. The zero-order valence-electron chi connectivity index (χ0n) is 15.5. The molecular weight excluding hydrogens is 340 g/mol. The topological polar surface area (TPSA) is 74.8 Å². The summed E-state index contributed by atoms with van der Waals surface area (Å²) in [4.78, 5) is 16.0. The molecule has 0 saturated heterocycles. The van der Waals surface area contributed by atoms with Gasteiger partial charge in [0.15, 0.2) is 5.96 Å². The van der Waals surface area contributed by atoms with Gasteiger partial charge in [-0.25, -0.2) is 0 Å². The Labute approximate surface area is 155 Å². The summed E-state index contributed by atoms with van der Waals surface area (Å²) in [5.74, 6) is 1.52. The number of benzene rings is 1. The molecule has 1 aromatic carbocycles. The summed E-state index contributed by atoms with van der Waals surface area (Å²) in [5.41, 5.74) is 1.03. The third-order valence-electron chi connectivity index (χ3n) is 3.50. The van der Waals surface area contributed by atoms with Gasteiger partial charge in [-0.3, -0.25) is 9.79 Å². The van der Waals surface area contributed by atoms with E-state index in [4.69, 9.17) is 16.3 Å². The Balaban J connectivity index is 2.45. The third-order valence-corrected chi connectivity index (χ3v) is 3.85. The monoisotopic (exact) mass is 368 g/mol. The summed E-state index contributed by atoms with van der Waals surface area (Å²) < 4.78 is 5.15. The Morgan fingerprint density at radius 1 is 1.24 bits per heavy atom. The number of methoxy groups -OCH3 is 1. The molecule has 25 heavy (non-hydrogen) atoms. The highest BCUT2D eigenvalue weighted by Crippen LogP contribution is 2.22. The molecule has 1 rings (SSSR count). The molecule has 0 aliphatic rings. The van der Waals surface area contributed by atoms with Crippen molar-refractivity contribution in [1.29, 1.82) is 0 Å². The van der Waals surface area contributed by atoms with Crippen molar-refractivity contribution in [2.24, 2.45) is 10.9 Å². The van der Waals surface area contributed by atoms with Crippen LogP contribution in [-0.4, -0.2) is 45.2 Å². The van der Waals surface area contributed by atoms with Gasteiger partial charge in [-0.2, -0.15) is 0 Å².